The number of hydrogen-bond donors (Lipinski definition) is 0. The fraction of sp³-hybridized carbons (Fsp3) is 0.636. The molecule has 0 radical (unpaired) electrons. The second kappa shape index (κ2) is 8.32. The van der Waals surface area contributed by atoms with Crippen molar-refractivity contribution in [3.05, 3.63) is 29.3 Å². The van der Waals surface area contributed by atoms with Crippen LogP contribution in [-0.2, 0) is 27.2 Å². The van der Waals surface area contributed by atoms with Gasteiger partial charge in [0.1, 0.15) is 11.8 Å². The lowest BCUT2D eigenvalue weighted by Crippen LogP contribution is -2.50. The van der Waals surface area contributed by atoms with E-state index in [2.05, 4.69) is 6.07 Å². The van der Waals surface area contributed by atoms with Crippen molar-refractivity contribution in [2.24, 2.45) is 5.92 Å². The molecular formula is C22H29NO4. The van der Waals surface area contributed by atoms with Crippen molar-refractivity contribution < 1.29 is 19.1 Å². The van der Waals surface area contributed by atoms with Crippen molar-refractivity contribution in [3.63, 3.8) is 0 Å². The summed E-state index contributed by atoms with van der Waals surface area (Å²) < 4.78 is 11.1. The van der Waals surface area contributed by atoms with Gasteiger partial charge < -0.3 is 14.4 Å². The second-order valence-electron chi connectivity index (χ2n) is 7.98. The number of likely N-dealkylation sites (tertiary alicyclic amines) is 1. The lowest BCUT2D eigenvalue weighted by molar-refractivity contribution is -0.158. The van der Waals surface area contributed by atoms with E-state index in [1.165, 1.54) is 5.56 Å². The number of fused-ring (bicyclic) bond motifs is 1. The lowest BCUT2D eigenvalue weighted by atomic mass is 9.98. The van der Waals surface area contributed by atoms with Crippen LogP contribution in [0.4, 0.5) is 0 Å². The smallest absolute Gasteiger partial charge is 0.328 e. The van der Waals surface area contributed by atoms with Crippen LogP contribution < -0.4 is 4.74 Å². The molecule has 1 atom stereocenters. The van der Waals surface area contributed by atoms with Crippen molar-refractivity contribution in [2.75, 3.05) is 19.8 Å². The van der Waals surface area contributed by atoms with Gasteiger partial charge in [0.2, 0.25) is 5.91 Å². The highest BCUT2D eigenvalue weighted by Gasteiger charge is 2.37. The molecule has 1 aromatic carbocycles. The van der Waals surface area contributed by atoms with Gasteiger partial charge in [-0.2, -0.15) is 0 Å². The zero-order chi connectivity index (χ0) is 18.6. The summed E-state index contributed by atoms with van der Waals surface area (Å²) in [6.07, 6.45) is 8.55. The third-order valence-corrected chi connectivity index (χ3v) is 6.15. The van der Waals surface area contributed by atoms with E-state index in [4.69, 9.17) is 9.47 Å². The summed E-state index contributed by atoms with van der Waals surface area (Å²) in [6, 6.07) is 5.80. The minimum absolute atomic E-state index is 0.118. The molecule has 5 heteroatoms. The normalized spacial score (nSPS) is 22.4. The number of esters is 1. The van der Waals surface area contributed by atoms with Crippen LogP contribution in [0.5, 0.6) is 5.75 Å². The summed E-state index contributed by atoms with van der Waals surface area (Å²) in [7, 11) is 0. The molecule has 3 aliphatic rings. The Kier molecular flexibility index (Phi) is 5.65. The van der Waals surface area contributed by atoms with Crippen LogP contribution in [0.15, 0.2) is 18.2 Å². The Labute approximate surface area is 161 Å². The molecule has 1 amide bonds. The summed E-state index contributed by atoms with van der Waals surface area (Å²) in [5.41, 5.74) is 2.40. The van der Waals surface area contributed by atoms with Crippen molar-refractivity contribution >= 4 is 11.9 Å². The first-order valence-electron chi connectivity index (χ1n) is 10.4. The third-order valence-electron chi connectivity index (χ3n) is 6.15. The summed E-state index contributed by atoms with van der Waals surface area (Å²) in [5.74, 6) is 1.03. The van der Waals surface area contributed by atoms with Crippen molar-refractivity contribution in [2.45, 2.75) is 63.8 Å². The Morgan fingerprint density at radius 1 is 1.11 bits per heavy atom. The predicted molar refractivity (Wildman–Crippen MR) is 102 cm³/mol. The van der Waals surface area contributed by atoms with E-state index in [-0.39, 0.29) is 23.8 Å². The zero-order valence-electron chi connectivity index (χ0n) is 16.0. The van der Waals surface area contributed by atoms with Gasteiger partial charge in [-0.25, -0.2) is 4.79 Å². The topological polar surface area (TPSA) is 55.8 Å². The quantitative estimate of drug-likeness (QED) is 0.746. The average molecular weight is 371 g/mol. The van der Waals surface area contributed by atoms with Gasteiger partial charge in [-0.05, 0) is 49.3 Å². The Hall–Kier alpha value is -2.04. The summed E-state index contributed by atoms with van der Waals surface area (Å²) in [5, 5.41) is 0. The standard InChI is InChI=1S/C22H29NO4/c24-21(17-5-1-2-6-17)23-12-4-3-7-19(23)22(25)27-13-10-16-8-9-20-18(15-16)11-14-26-20/h8-9,15,17,19H,1-7,10-14H2. The third kappa shape index (κ3) is 4.12. The summed E-state index contributed by atoms with van der Waals surface area (Å²) in [4.78, 5) is 27.3. The molecule has 4 rings (SSSR count). The van der Waals surface area contributed by atoms with E-state index in [0.29, 0.717) is 19.6 Å². The number of nitrogens with zero attached hydrogens (tertiary/aromatic N) is 1. The van der Waals surface area contributed by atoms with Gasteiger partial charge in [-0.15, -0.1) is 0 Å². The van der Waals surface area contributed by atoms with Crippen LogP contribution in [0.25, 0.3) is 0 Å². The average Bonchev–Trinajstić information content (AvgIpc) is 3.39. The highest BCUT2D eigenvalue weighted by Crippen LogP contribution is 2.30. The SMILES string of the molecule is O=C(OCCc1ccc2c(c1)CCO2)C1CCCCN1C(=O)C1CCCC1. The second-order valence-corrected chi connectivity index (χ2v) is 7.98. The minimum atomic E-state index is -0.389. The molecule has 146 valence electrons. The van der Waals surface area contributed by atoms with E-state index < -0.39 is 0 Å². The number of amides is 1. The van der Waals surface area contributed by atoms with Crippen LogP contribution in [-0.4, -0.2) is 42.6 Å². The number of hydrogen-bond acceptors (Lipinski definition) is 4. The highest BCUT2D eigenvalue weighted by molar-refractivity contribution is 5.86. The van der Waals surface area contributed by atoms with Gasteiger partial charge in [0.05, 0.1) is 13.2 Å². The summed E-state index contributed by atoms with van der Waals surface area (Å²) >= 11 is 0. The van der Waals surface area contributed by atoms with Gasteiger partial charge in [-0.3, -0.25) is 4.79 Å². The van der Waals surface area contributed by atoms with Crippen molar-refractivity contribution in [1.82, 2.24) is 4.90 Å². The van der Waals surface area contributed by atoms with E-state index >= 15 is 0 Å². The summed E-state index contributed by atoms with van der Waals surface area (Å²) in [6.45, 7) is 1.81. The number of ether oxygens (including phenoxy) is 2. The van der Waals surface area contributed by atoms with Crippen LogP contribution in [0, 0.1) is 5.92 Å². The van der Waals surface area contributed by atoms with Crippen molar-refractivity contribution in [1.29, 1.82) is 0 Å². The molecule has 1 saturated carbocycles. The molecule has 5 nitrogen and oxygen atoms in total. The molecule has 1 aliphatic carbocycles. The Morgan fingerprint density at radius 3 is 2.78 bits per heavy atom. The maximum Gasteiger partial charge on any atom is 0.328 e. The Bertz CT molecular complexity index is 696. The molecule has 1 saturated heterocycles. The zero-order valence-corrected chi connectivity index (χ0v) is 16.0. The van der Waals surface area contributed by atoms with Gasteiger partial charge >= 0.3 is 5.97 Å². The molecule has 1 aromatic rings. The largest absolute Gasteiger partial charge is 0.493 e. The molecule has 0 spiro atoms. The first-order valence-corrected chi connectivity index (χ1v) is 10.4. The molecule has 2 aliphatic heterocycles. The number of piperidine rings is 1. The maximum absolute atomic E-state index is 12.8. The highest BCUT2D eigenvalue weighted by atomic mass is 16.5. The maximum atomic E-state index is 12.8. The van der Waals surface area contributed by atoms with Gasteiger partial charge in [0, 0.05) is 25.3 Å². The van der Waals surface area contributed by atoms with Gasteiger partial charge in [0.25, 0.3) is 0 Å². The van der Waals surface area contributed by atoms with Crippen LogP contribution in [0.2, 0.25) is 0 Å². The molecule has 0 aromatic heterocycles. The number of benzene rings is 1. The fourth-order valence-corrected chi connectivity index (χ4v) is 4.61. The van der Waals surface area contributed by atoms with E-state index in [1.807, 2.05) is 17.0 Å². The Morgan fingerprint density at radius 2 is 1.93 bits per heavy atom. The lowest BCUT2D eigenvalue weighted by Gasteiger charge is -2.35. The number of rotatable bonds is 5. The van der Waals surface area contributed by atoms with Crippen molar-refractivity contribution in [3.8, 4) is 5.75 Å². The minimum Gasteiger partial charge on any atom is -0.493 e. The first-order chi connectivity index (χ1) is 13.2. The monoisotopic (exact) mass is 371 g/mol. The van der Waals surface area contributed by atoms with E-state index in [0.717, 1.165) is 69.3 Å². The Balaban J connectivity index is 1.31. The molecule has 0 N–H and O–H groups in total. The van der Waals surface area contributed by atoms with Gasteiger partial charge in [0.15, 0.2) is 0 Å². The molecule has 0 bridgehead atoms. The van der Waals surface area contributed by atoms with Crippen LogP contribution in [0.1, 0.15) is 56.1 Å². The molecule has 2 heterocycles. The fourth-order valence-electron chi connectivity index (χ4n) is 4.61. The molecule has 27 heavy (non-hydrogen) atoms. The number of carbonyl (C=O) groups is 2. The molecular weight excluding hydrogens is 342 g/mol. The molecule has 2 fully saturated rings. The van der Waals surface area contributed by atoms with Crippen LogP contribution >= 0.6 is 0 Å². The van der Waals surface area contributed by atoms with Crippen LogP contribution in [0.3, 0.4) is 0 Å². The first kappa shape index (κ1) is 18.3. The number of carbonyl (C=O) groups excluding carboxylic acids is 2. The molecule has 1 unspecified atom stereocenters. The van der Waals surface area contributed by atoms with E-state index in [1.54, 1.807) is 0 Å². The van der Waals surface area contributed by atoms with E-state index in [9.17, 15) is 9.59 Å². The predicted octanol–water partition coefficient (Wildman–Crippen LogP) is 3.28. The van der Waals surface area contributed by atoms with Gasteiger partial charge in [-0.1, -0.05) is 25.0 Å².